The Morgan fingerprint density at radius 2 is 1.95 bits per heavy atom. The second kappa shape index (κ2) is 7.49. The van der Waals surface area contributed by atoms with Gasteiger partial charge in [-0.3, -0.25) is 0 Å². The minimum absolute atomic E-state index is 0.370. The molecule has 1 saturated carbocycles. The van der Waals surface area contributed by atoms with Crippen molar-refractivity contribution < 1.29 is 4.74 Å². The van der Waals surface area contributed by atoms with Crippen molar-refractivity contribution in [3.63, 3.8) is 0 Å². The number of pyridine rings is 1. The summed E-state index contributed by atoms with van der Waals surface area (Å²) in [5.74, 6) is 0.778. The normalized spacial score (nSPS) is 17.4. The largest absolute Gasteiger partial charge is 0.474 e. The highest BCUT2D eigenvalue weighted by Gasteiger charge is 2.14. The zero-order chi connectivity index (χ0) is 13.5. The van der Waals surface area contributed by atoms with E-state index in [-0.39, 0.29) is 0 Å². The number of hydrogen-bond donors (Lipinski definition) is 1. The van der Waals surface area contributed by atoms with Crippen LogP contribution in [0.5, 0.6) is 5.88 Å². The zero-order valence-electron chi connectivity index (χ0n) is 12.2. The molecule has 0 saturated heterocycles. The van der Waals surface area contributed by atoms with E-state index in [2.05, 4.69) is 30.2 Å². The molecule has 3 heteroatoms. The second-order valence-corrected chi connectivity index (χ2v) is 5.77. The van der Waals surface area contributed by atoms with Gasteiger partial charge < -0.3 is 10.1 Å². The summed E-state index contributed by atoms with van der Waals surface area (Å²) in [6, 6.07) is 4.61. The fraction of sp³-hybridized carbons (Fsp3) is 0.688. The molecule has 1 aromatic rings. The molecular formula is C16H26N2O. The predicted molar refractivity (Wildman–Crippen MR) is 78.3 cm³/mol. The van der Waals surface area contributed by atoms with Crippen molar-refractivity contribution in [2.45, 2.75) is 71.1 Å². The Morgan fingerprint density at radius 1 is 1.21 bits per heavy atom. The molecule has 1 fully saturated rings. The summed E-state index contributed by atoms with van der Waals surface area (Å²) in [7, 11) is 0. The molecule has 0 radical (unpaired) electrons. The third-order valence-corrected chi connectivity index (χ3v) is 3.60. The Labute approximate surface area is 116 Å². The second-order valence-electron chi connectivity index (χ2n) is 5.77. The first-order valence-corrected chi connectivity index (χ1v) is 7.59. The van der Waals surface area contributed by atoms with Crippen LogP contribution in [0.2, 0.25) is 0 Å². The highest BCUT2D eigenvalue weighted by Crippen LogP contribution is 2.21. The molecule has 1 N–H and O–H groups in total. The average Bonchev–Trinajstić information content (AvgIpc) is 2.66. The average molecular weight is 262 g/mol. The van der Waals surface area contributed by atoms with E-state index in [0.29, 0.717) is 12.1 Å². The zero-order valence-corrected chi connectivity index (χ0v) is 12.2. The van der Waals surface area contributed by atoms with Crippen LogP contribution in [-0.4, -0.2) is 17.1 Å². The molecule has 0 amide bonds. The number of nitrogens with one attached hydrogen (secondary N) is 1. The summed E-state index contributed by atoms with van der Waals surface area (Å²) in [5.41, 5.74) is 1.21. The van der Waals surface area contributed by atoms with Crippen molar-refractivity contribution in [1.29, 1.82) is 0 Å². The van der Waals surface area contributed by atoms with Crippen molar-refractivity contribution in [2.24, 2.45) is 0 Å². The van der Waals surface area contributed by atoms with Crippen molar-refractivity contribution in [3.8, 4) is 5.88 Å². The van der Waals surface area contributed by atoms with Gasteiger partial charge in [0.05, 0.1) is 0 Å². The quantitative estimate of drug-likeness (QED) is 0.822. The number of nitrogens with zero attached hydrogens (tertiary/aromatic N) is 1. The molecule has 1 aliphatic carbocycles. The van der Waals surface area contributed by atoms with Crippen LogP contribution in [0.4, 0.5) is 0 Å². The Kier molecular flexibility index (Phi) is 5.64. The lowest BCUT2D eigenvalue weighted by molar-refractivity contribution is 0.176. The van der Waals surface area contributed by atoms with Crippen molar-refractivity contribution in [3.05, 3.63) is 23.9 Å². The van der Waals surface area contributed by atoms with Gasteiger partial charge in [0.25, 0.3) is 0 Å². The Balaban J connectivity index is 1.83. The number of ether oxygens (including phenoxy) is 1. The molecule has 0 spiro atoms. The van der Waals surface area contributed by atoms with Crippen LogP contribution < -0.4 is 10.1 Å². The highest BCUT2D eigenvalue weighted by atomic mass is 16.5. The Bertz CT molecular complexity index is 354. The summed E-state index contributed by atoms with van der Waals surface area (Å²) < 4.78 is 5.98. The van der Waals surface area contributed by atoms with Gasteiger partial charge in [-0.05, 0) is 31.2 Å². The van der Waals surface area contributed by atoms with Crippen LogP contribution in [0, 0.1) is 0 Å². The van der Waals surface area contributed by atoms with E-state index >= 15 is 0 Å². The lowest BCUT2D eigenvalue weighted by Gasteiger charge is -2.16. The van der Waals surface area contributed by atoms with Gasteiger partial charge in [-0.15, -0.1) is 0 Å². The molecule has 0 aromatic carbocycles. The maximum absolute atomic E-state index is 5.98. The predicted octanol–water partition coefficient (Wildman–Crippen LogP) is 3.68. The van der Waals surface area contributed by atoms with Gasteiger partial charge in [0, 0.05) is 24.8 Å². The number of rotatable bonds is 5. The molecule has 1 aliphatic rings. The van der Waals surface area contributed by atoms with Crippen LogP contribution in [-0.2, 0) is 6.54 Å². The molecule has 0 unspecified atom stereocenters. The molecule has 1 aromatic heterocycles. The van der Waals surface area contributed by atoms with Crippen molar-refractivity contribution in [2.75, 3.05) is 0 Å². The maximum atomic E-state index is 5.98. The van der Waals surface area contributed by atoms with Crippen LogP contribution in [0.25, 0.3) is 0 Å². The lowest BCUT2D eigenvalue weighted by Crippen LogP contribution is -2.22. The monoisotopic (exact) mass is 262 g/mol. The van der Waals surface area contributed by atoms with Gasteiger partial charge in [-0.2, -0.15) is 0 Å². The summed E-state index contributed by atoms with van der Waals surface area (Å²) in [6.45, 7) is 5.17. The highest BCUT2D eigenvalue weighted by molar-refractivity contribution is 5.18. The molecular weight excluding hydrogens is 236 g/mol. The number of hydrogen-bond acceptors (Lipinski definition) is 3. The molecule has 2 rings (SSSR count). The first kappa shape index (κ1) is 14.3. The molecule has 106 valence electrons. The first-order chi connectivity index (χ1) is 9.24. The van der Waals surface area contributed by atoms with Gasteiger partial charge in [-0.25, -0.2) is 4.98 Å². The molecule has 0 bridgehead atoms. The van der Waals surface area contributed by atoms with E-state index in [0.717, 1.165) is 12.4 Å². The van der Waals surface area contributed by atoms with Crippen molar-refractivity contribution >= 4 is 0 Å². The Hall–Kier alpha value is -1.09. The molecule has 1 heterocycles. The topological polar surface area (TPSA) is 34.1 Å². The molecule has 0 aliphatic heterocycles. The van der Waals surface area contributed by atoms with Crippen molar-refractivity contribution in [1.82, 2.24) is 10.3 Å². The van der Waals surface area contributed by atoms with Gasteiger partial charge in [-0.1, -0.05) is 32.8 Å². The van der Waals surface area contributed by atoms with E-state index in [4.69, 9.17) is 4.74 Å². The molecule has 0 atom stereocenters. The van der Waals surface area contributed by atoms with Crippen LogP contribution in [0.3, 0.4) is 0 Å². The molecule has 19 heavy (non-hydrogen) atoms. The van der Waals surface area contributed by atoms with Gasteiger partial charge in [0.2, 0.25) is 5.88 Å². The third kappa shape index (κ3) is 5.19. The van der Waals surface area contributed by atoms with E-state index in [1.54, 1.807) is 0 Å². The Morgan fingerprint density at radius 3 is 2.53 bits per heavy atom. The standard InChI is InChI=1S/C16H26N2O/c1-13(2)17-11-14-9-10-16(18-12-14)19-15-7-5-3-4-6-8-15/h9-10,12-13,15,17H,3-8,11H2,1-2H3. The van der Waals surface area contributed by atoms with Crippen LogP contribution in [0.1, 0.15) is 57.9 Å². The van der Waals surface area contributed by atoms with E-state index < -0.39 is 0 Å². The smallest absolute Gasteiger partial charge is 0.213 e. The summed E-state index contributed by atoms with van der Waals surface area (Å²) in [6.07, 6.45) is 9.94. The summed E-state index contributed by atoms with van der Waals surface area (Å²) >= 11 is 0. The van der Waals surface area contributed by atoms with Gasteiger partial charge in [0.15, 0.2) is 0 Å². The third-order valence-electron chi connectivity index (χ3n) is 3.60. The SMILES string of the molecule is CC(C)NCc1ccc(OC2CCCCCC2)nc1. The minimum Gasteiger partial charge on any atom is -0.474 e. The van der Waals surface area contributed by atoms with Gasteiger partial charge in [0.1, 0.15) is 6.10 Å². The summed E-state index contributed by atoms with van der Waals surface area (Å²) in [5, 5.41) is 3.39. The van der Waals surface area contributed by atoms with E-state index in [9.17, 15) is 0 Å². The van der Waals surface area contributed by atoms with E-state index in [1.165, 1.54) is 44.1 Å². The van der Waals surface area contributed by atoms with Crippen LogP contribution >= 0.6 is 0 Å². The minimum atomic E-state index is 0.370. The fourth-order valence-corrected chi connectivity index (χ4v) is 2.44. The molecule has 3 nitrogen and oxygen atoms in total. The van der Waals surface area contributed by atoms with Gasteiger partial charge >= 0.3 is 0 Å². The van der Waals surface area contributed by atoms with E-state index in [1.807, 2.05) is 12.3 Å². The first-order valence-electron chi connectivity index (χ1n) is 7.59. The number of aromatic nitrogens is 1. The van der Waals surface area contributed by atoms with Crippen LogP contribution in [0.15, 0.2) is 18.3 Å². The summed E-state index contributed by atoms with van der Waals surface area (Å²) in [4.78, 5) is 4.42. The maximum Gasteiger partial charge on any atom is 0.213 e. The lowest BCUT2D eigenvalue weighted by atomic mass is 10.1. The fourth-order valence-electron chi connectivity index (χ4n) is 2.44.